The topological polar surface area (TPSA) is 88.3 Å². The second kappa shape index (κ2) is 9.50. The van der Waals surface area contributed by atoms with E-state index < -0.39 is 0 Å². The molecule has 0 aliphatic carbocycles. The minimum absolute atomic E-state index is 0.161. The molecule has 5 rings (SSSR count). The number of benzene rings is 2. The number of pyridine rings is 1. The molecule has 0 bridgehead atoms. The van der Waals surface area contributed by atoms with E-state index in [-0.39, 0.29) is 5.91 Å². The van der Waals surface area contributed by atoms with E-state index in [2.05, 4.69) is 20.5 Å². The molecule has 0 radical (unpaired) electrons. The summed E-state index contributed by atoms with van der Waals surface area (Å²) in [5.74, 6) is 1.04. The molecule has 1 N–H and O–H groups in total. The molecule has 3 aromatic heterocycles. The molecular weight excluding hydrogens is 426 g/mol. The molecular formula is C26H23N7O. The smallest absolute Gasteiger partial charge is 0.251 e. The molecule has 0 aliphatic rings. The van der Waals surface area contributed by atoms with Gasteiger partial charge in [-0.2, -0.15) is 4.52 Å². The van der Waals surface area contributed by atoms with Crippen LogP contribution in [0.5, 0.6) is 0 Å². The van der Waals surface area contributed by atoms with Gasteiger partial charge in [-0.25, -0.2) is 0 Å². The lowest BCUT2D eigenvalue weighted by Gasteiger charge is -2.18. The number of anilines is 2. The number of carbonyl (C=O) groups is 1. The molecule has 5 aromatic rings. The molecule has 0 saturated carbocycles. The Morgan fingerprint density at radius 3 is 2.50 bits per heavy atom. The number of hydrogen-bond acceptors (Lipinski definition) is 6. The zero-order valence-electron chi connectivity index (χ0n) is 18.7. The fourth-order valence-corrected chi connectivity index (χ4v) is 3.66. The van der Waals surface area contributed by atoms with Crippen LogP contribution in [0.4, 0.5) is 11.5 Å². The highest BCUT2D eigenvalue weighted by molar-refractivity contribution is 5.94. The van der Waals surface area contributed by atoms with Gasteiger partial charge in [0.2, 0.25) is 5.82 Å². The van der Waals surface area contributed by atoms with E-state index in [0.717, 1.165) is 17.9 Å². The Morgan fingerprint density at radius 2 is 1.71 bits per heavy atom. The number of carbonyl (C=O) groups excluding carboxylic acids is 1. The number of aromatic nitrogens is 5. The normalized spacial score (nSPS) is 10.9. The van der Waals surface area contributed by atoms with Crippen LogP contribution in [0.25, 0.3) is 17.2 Å². The van der Waals surface area contributed by atoms with E-state index in [0.29, 0.717) is 29.3 Å². The molecule has 8 nitrogen and oxygen atoms in total. The van der Waals surface area contributed by atoms with Crippen LogP contribution in [0.1, 0.15) is 15.9 Å². The van der Waals surface area contributed by atoms with Gasteiger partial charge in [0.05, 0.1) is 0 Å². The molecule has 0 unspecified atom stereocenters. The number of nitrogens with one attached hydrogen (secondary N) is 1. The van der Waals surface area contributed by atoms with E-state index in [1.807, 2.05) is 84.7 Å². The Hall–Kier alpha value is -4.59. The van der Waals surface area contributed by atoms with Crippen LogP contribution in [0, 0.1) is 0 Å². The van der Waals surface area contributed by atoms with Gasteiger partial charge in [-0.15, -0.1) is 15.3 Å². The van der Waals surface area contributed by atoms with Crippen molar-refractivity contribution in [3.63, 3.8) is 0 Å². The molecule has 1 amide bonds. The number of nitrogens with zero attached hydrogens (tertiary/aromatic N) is 6. The Morgan fingerprint density at radius 1 is 0.941 bits per heavy atom. The number of para-hydroxylation sites is 1. The lowest BCUT2D eigenvalue weighted by atomic mass is 10.1. The van der Waals surface area contributed by atoms with Gasteiger partial charge in [-0.3, -0.25) is 9.78 Å². The van der Waals surface area contributed by atoms with Gasteiger partial charge < -0.3 is 10.2 Å². The Kier molecular flexibility index (Phi) is 5.94. The second-order valence-electron chi connectivity index (χ2n) is 7.80. The van der Waals surface area contributed by atoms with Crippen LogP contribution in [0.15, 0.2) is 91.1 Å². The lowest BCUT2D eigenvalue weighted by Crippen LogP contribution is -2.25. The maximum Gasteiger partial charge on any atom is 0.251 e. The first-order valence-electron chi connectivity index (χ1n) is 11.0. The van der Waals surface area contributed by atoms with Gasteiger partial charge in [0.15, 0.2) is 11.5 Å². The zero-order chi connectivity index (χ0) is 23.3. The lowest BCUT2D eigenvalue weighted by molar-refractivity contribution is 0.0954. The molecule has 168 valence electrons. The van der Waals surface area contributed by atoms with Gasteiger partial charge in [-0.05, 0) is 48.4 Å². The van der Waals surface area contributed by atoms with Crippen molar-refractivity contribution in [1.29, 1.82) is 0 Å². The standard InChI is InChI=1S/C26H23N7O/c1-32(21-10-6-3-7-11-21)24-13-12-23-29-30-25(33(23)31-24)22-18-20(15-17-27-22)26(34)28-16-14-19-8-4-2-5-9-19/h2-13,15,17-18H,14,16H2,1H3,(H,28,34). The van der Waals surface area contributed by atoms with Gasteiger partial charge in [0.25, 0.3) is 5.91 Å². The SMILES string of the molecule is CN(c1ccccc1)c1ccc2nnc(-c3cc(C(=O)NCCc4ccccc4)ccn3)n2n1. The monoisotopic (exact) mass is 449 g/mol. The summed E-state index contributed by atoms with van der Waals surface area (Å²) in [7, 11) is 1.95. The maximum atomic E-state index is 12.7. The summed E-state index contributed by atoms with van der Waals surface area (Å²) >= 11 is 0. The first-order valence-corrected chi connectivity index (χ1v) is 11.0. The highest BCUT2D eigenvalue weighted by atomic mass is 16.1. The van der Waals surface area contributed by atoms with Crippen LogP contribution < -0.4 is 10.2 Å². The number of fused-ring (bicyclic) bond motifs is 1. The van der Waals surface area contributed by atoms with E-state index in [4.69, 9.17) is 5.10 Å². The van der Waals surface area contributed by atoms with E-state index in [1.165, 1.54) is 5.56 Å². The quantitative estimate of drug-likeness (QED) is 0.405. The van der Waals surface area contributed by atoms with Crippen molar-refractivity contribution < 1.29 is 4.79 Å². The van der Waals surface area contributed by atoms with Crippen molar-refractivity contribution in [1.82, 2.24) is 30.1 Å². The summed E-state index contributed by atoms with van der Waals surface area (Å²) in [6.45, 7) is 0.547. The molecule has 0 spiro atoms. The third-order valence-electron chi connectivity index (χ3n) is 5.53. The summed E-state index contributed by atoms with van der Waals surface area (Å²) in [5, 5.41) is 16.2. The number of hydrogen-bond donors (Lipinski definition) is 1. The minimum Gasteiger partial charge on any atom is -0.352 e. The summed E-state index contributed by atoms with van der Waals surface area (Å²) in [5.41, 5.74) is 3.81. The Bertz CT molecular complexity index is 1420. The summed E-state index contributed by atoms with van der Waals surface area (Å²) in [4.78, 5) is 19.1. The van der Waals surface area contributed by atoms with Crippen LogP contribution in [-0.2, 0) is 6.42 Å². The highest BCUT2D eigenvalue weighted by Gasteiger charge is 2.15. The minimum atomic E-state index is -0.161. The second-order valence-corrected chi connectivity index (χ2v) is 7.80. The fourth-order valence-electron chi connectivity index (χ4n) is 3.66. The average Bonchev–Trinajstić information content (AvgIpc) is 3.33. The molecule has 2 aromatic carbocycles. The first-order chi connectivity index (χ1) is 16.7. The molecule has 0 atom stereocenters. The largest absolute Gasteiger partial charge is 0.352 e. The maximum absolute atomic E-state index is 12.7. The van der Waals surface area contributed by atoms with Crippen LogP contribution in [-0.4, -0.2) is 44.3 Å². The van der Waals surface area contributed by atoms with Crippen molar-refractivity contribution in [3.05, 3.63) is 102 Å². The average molecular weight is 450 g/mol. The summed E-state index contributed by atoms with van der Waals surface area (Å²) in [6.07, 6.45) is 2.36. The van der Waals surface area contributed by atoms with Gasteiger partial charge in [0.1, 0.15) is 5.69 Å². The first kappa shape index (κ1) is 21.3. The Balaban J connectivity index is 1.37. The molecule has 8 heteroatoms. The predicted octanol–water partition coefficient (Wildman–Crippen LogP) is 3.93. The van der Waals surface area contributed by atoms with Crippen LogP contribution in [0.3, 0.4) is 0 Å². The zero-order valence-corrected chi connectivity index (χ0v) is 18.7. The van der Waals surface area contributed by atoms with Gasteiger partial charge in [-0.1, -0.05) is 48.5 Å². The van der Waals surface area contributed by atoms with Crippen molar-refractivity contribution in [2.75, 3.05) is 18.5 Å². The fraction of sp³-hybridized carbons (Fsp3) is 0.115. The van der Waals surface area contributed by atoms with Crippen molar-refractivity contribution >= 4 is 23.1 Å². The predicted molar refractivity (Wildman–Crippen MR) is 131 cm³/mol. The van der Waals surface area contributed by atoms with E-state index >= 15 is 0 Å². The molecule has 3 heterocycles. The molecule has 0 saturated heterocycles. The Labute approximate surface area is 196 Å². The highest BCUT2D eigenvalue weighted by Crippen LogP contribution is 2.23. The summed E-state index contributed by atoms with van der Waals surface area (Å²) in [6, 6.07) is 27.2. The number of amides is 1. The van der Waals surface area contributed by atoms with Gasteiger partial charge in [0, 0.05) is 31.0 Å². The van der Waals surface area contributed by atoms with Crippen molar-refractivity contribution in [2.24, 2.45) is 0 Å². The van der Waals surface area contributed by atoms with Crippen molar-refractivity contribution in [2.45, 2.75) is 6.42 Å². The summed E-state index contributed by atoms with van der Waals surface area (Å²) < 4.78 is 1.65. The van der Waals surface area contributed by atoms with Crippen LogP contribution in [0.2, 0.25) is 0 Å². The van der Waals surface area contributed by atoms with E-state index in [1.54, 1.807) is 22.8 Å². The third-order valence-corrected chi connectivity index (χ3v) is 5.53. The third kappa shape index (κ3) is 4.47. The van der Waals surface area contributed by atoms with Gasteiger partial charge >= 0.3 is 0 Å². The molecule has 0 fully saturated rings. The van der Waals surface area contributed by atoms with Crippen LogP contribution >= 0.6 is 0 Å². The van der Waals surface area contributed by atoms with Crippen molar-refractivity contribution in [3.8, 4) is 11.5 Å². The van der Waals surface area contributed by atoms with E-state index in [9.17, 15) is 4.79 Å². The number of rotatable bonds is 7. The molecule has 34 heavy (non-hydrogen) atoms. The molecule has 0 aliphatic heterocycles.